The Bertz CT molecular complexity index is 865. The van der Waals surface area contributed by atoms with Crippen molar-refractivity contribution >= 4 is 23.3 Å². The molecule has 0 radical (unpaired) electrons. The topological polar surface area (TPSA) is 68.8 Å². The van der Waals surface area contributed by atoms with Gasteiger partial charge in [0.1, 0.15) is 12.4 Å². The molecule has 4 heterocycles. The Morgan fingerprint density at radius 1 is 1.24 bits per heavy atom. The molecular formula is C17H18N6OS. The molecule has 0 N–H and O–H groups in total. The van der Waals surface area contributed by atoms with E-state index in [1.165, 1.54) is 0 Å². The summed E-state index contributed by atoms with van der Waals surface area (Å²) < 4.78 is 3.94. The molecule has 3 aromatic heterocycles. The number of carbonyl (C=O) groups excluding carboxylic acids is 1. The number of amides is 1. The SMILES string of the molecule is O=C(/C=C/c1cccs1)N1CCc2nnc(Cn3cccn3)n2CC1. The van der Waals surface area contributed by atoms with Gasteiger partial charge >= 0.3 is 0 Å². The summed E-state index contributed by atoms with van der Waals surface area (Å²) in [5.74, 6) is 1.85. The lowest BCUT2D eigenvalue weighted by atomic mass is 10.3. The first-order valence-corrected chi connectivity index (χ1v) is 9.06. The first-order valence-electron chi connectivity index (χ1n) is 8.18. The predicted octanol–water partition coefficient (Wildman–Crippen LogP) is 1.68. The molecule has 1 aliphatic heterocycles. The molecule has 0 aromatic carbocycles. The summed E-state index contributed by atoms with van der Waals surface area (Å²) in [6, 6.07) is 5.87. The van der Waals surface area contributed by atoms with Crippen molar-refractivity contribution in [3.63, 3.8) is 0 Å². The fourth-order valence-corrected chi connectivity index (χ4v) is 3.52. The quantitative estimate of drug-likeness (QED) is 0.669. The lowest BCUT2D eigenvalue weighted by Gasteiger charge is -2.18. The Labute approximate surface area is 149 Å². The molecule has 3 aromatic rings. The van der Waals surface area contributed by atoms with Crippen LogP contribution >= 0.6 is 11.3 Å². The van der Waals surface area contributed by atoms with Crippen molar-refractivity contribution < 1.29 is 4.79 Å². The van der Waals surface area contributed by atoms with E-state index < -0.39 is 0 Å². The Balaban J connectivity index is 1.43. The summed E-state index contributed by atoms with van der Waals surface area (Å²) in [6.07, 6.45) is 7.90. The highest BCUT2D eigenvalue weighted by Crippen LogP contribution is 2.13. The second-order valence-electron chi connectivity index (χ2n) is 5.81. The molecule has 0 saturated carbocycles. The fraction of sp³-hybridized carbons (Fsp3) is 0.294. The molecule has 7 nitrogen and oxygen atoms in total. The van der Waals surface area contributed by atoms with Gasteiger partial charge in [-0.3, -0.25) is 9.48 Å². The van der Waals surface area contributed by atoms with Crippen molar-refractivity contribution in [2.75, 3.05) is 13.1 Å². The van der Waals surface area contributed by atoms with Gasteiger partial charge in [0.2, 0.25) is 5.91 Å². The Kier molecular flexibility index (Phi) is 4.43. The van der Waals surface area contributed by atoms with Crippen molar-refractivity contribution in [1.82, 2.24) is 29.4 Å². The first-order chi connectivity index (χ1) is 12.3. The van der Waals surface area contributed by atoms with Gasteiger partial charge in [0.05, 0.1) is 0 Å². The minimum atomic E-state index is 0.0424. The molecule has 0 aliphatic carbocycles. The summed E-state index contributed by atoms with van der Waals surface area (Å²) in [5.41, 5.74) is 0. The molecule has 1 amide bonds. The molecule has 8 heteroatoms. The Morgan fingerprint density at radius 2 is 2.20 bits per heavy atom. The van der Waals surface area contributed by atoms with Gasteiger partial charge in [-0.1, -0.05) is 6.07 Å². The zero-order valence-electron chi connectivity index (χ0n) is 13.7. The summed E-state index contributed by atoms with van der Waals surface area (Å²) in [7, 11) is 0. The van der Waals surface area contributed by atoms with Gasteiger partial charge in [-0.2, -0.15) is 5.10 Å². The lowest BCUT2D eigenvalue weighted by Crippen LogP contribution is -2.32. The monoisotopic (exact) mass is 354 g/mol. The highest BCUT2D eigenvalue weighted by Gasteiger charge is 2.20. The molecule has 25 heavy (non-hydrogen) atoms. The van der Waals surface area contributed by atoms with Crippen molar-refractivity contribution in [3.05, 3.63) is 58.6 Å². The number of aromatic nitrogens is 5. The largest absolute Gasteiger partial charge is 0.337 e. The minimum Gasteiger partial charge on any atom is -0.337 e. The van der Waals surface area contributed by atoms with Crippen LogP contribution in [0, 0.1) is 0 Å². The van der Waals surface area contributed by atoms with Crippen LogP contribution in [0.4, 0.5) is 0 Å². The van der Waals surface area contributed by atoms with Gasteiger partial charge in [-0.05, 0) is 23.6 Å². The van der Waals surface area contributed by atoms with Crippen LogP contribution in [0.5, 0.6) is 0 Å². The molecule has 0 unspecified atom stereocenters. The van der Waals surface area contributed by atoms with E-state index in [0.717, 1.165) is 16.5 Å². The normalized spacial score (nSPS) is 14.6. The zero-order valence-corrected chi connectivity index (χ0v) is 14.5. The summed E-state index contributed by atoms with van der Waals surface area (Å²) >= 11 is 1.62. The molecule has 0 saturated heterocycles. The van der Waals surface area contributed by atoms with Crippen LogP contribution in [0.3, 0.4) is 0 Å². The Hall–Kier alpha value is -2.74. The van der Waals surface area contributed by atoms with Gasteiger partial charge in [-0.25, -0.2) is 0 Å². The third-order valence-electron chi connectivity index (χ3n) is 4.21. The van der Waals surface area contributed by atoms with Crippen LogP contribution in [0.25, 0.3) is 6.08 Å². The van der Waals surface area contributed by atoms with Crippen molar-refractivity contribution in [3.8, 4) is 0 Å². The predicted molar refractivity (Wildman–Crippen MR) is 95.0 cm³/mol. The van der Waals surface area contributed by atoms with Gasteiger partial charge in [-0.15, -0.1) is 21.5 Å². The van der Waals surface area contributed by atoms with Gasteiger partial charge in [0, 0.05) is 49.4 Å². The maximum Gasteiger partial charge on any atom is 0.246 e. The van der Waals surface area contributed by atoms with E-state index in [1.54, 1.807) is 23.6 Å². The summed E-state index contributed by atoms with van der Waals surface area (Å²) in [6.45, 7) is 2.61. The number of hydrogen-bond donors (Lipinski definition) is 0. The molecular weight excluding hydrogens is 336 g/mol. The average Bonchev–Trinajstić information content (AvgIpc) is 3.35. The lowest BCUT2D eigenvalue weighted by molar-refractivity contribution is -0.125. The van der Waals surface area contributed by atoms with Crippen molar-refractivity contribution in [2.24, 2.45) is 0 Å². The second-order valence-corrected chi connectivity index (χ2v) is 6.79. The van der Waals surface area contributed by atoms with E-state index >= 15 is 0 Å². The number of nitrogens with zero attached hydrogens (tertiary/aromatic N) is 6. The van der Waals surface area contributed by atoms with Crippen LogP contribution < -0.4 is 0 Å². The van der Waals surface area contributed by atoms with E-state index in [-0.39, 0.29) is 5.91 Å². The molecule has 4 rings (SSSR count). The molecule has 0 spiro atoms. The number of thiophene rings is 1. The maximum absolute atomic E-state index is 12.4. The van der Waals surface area contributed by atoms with Crippen molar-refractivity contribution in [2.45, 2.75) is 19.5 Å². The van der Waals surface area contributed by atoms with E-state index in [9.17, 15) is 4.79 Å². The molecule has 0 bridgehead atoms. The molecule has 0 atom stereocenters. The van der Waals surface area contributed by atoms with E-state index in [4.69, 9.17) is 0 Å². The molecule has 1 aliphatic rings. The van der Waals surface area contributed by atoms with Crippen LogP contribution in [0.2, 0.25) is 0 Å². The Morgan fingerprint density at radius 3 is 3.00 bits per heavy atom. The maximum atomic E-state index is 12.4. The highest BCUT2D eigenvalue weighted by molar-refractivity contribution is 7.10. The summed E-state index contributed by atoms with van der Waals surface area (Å²) in [5, 5.41) is 14.8. The number of rotatable bonds is 4. The highest BCUT2D eigenvalue weighted by atomic mass is 32.1. The van der Waals surface area contributed by atoms with Crippen LogP contribution in [0.15, 0.2) is 42.0 Å². The van der Waals surface area contributed by atoms with Gasteiger partial charge < -0.3 is 9.47 Å². The van der Waals surface area contributed by atoms with E-state index in [0.29, 0.717) is 32.6 Å². The molecule has 128 valence electrons. The standard InChI is InChI=1S/C17H18N6OS/c24-17(5-4-14-3-1-12-25-14)21-9-6-15-19-20-16(23(15)11-10-21)13-22-8-2-7-18-22/h1-5,7-8,12H,6,9-11,13H2/b5-4+. The number of fused-ring (bicyclic) bond motifs is 1. The van der Waals surface area contributed by atoms with E-state index in [1.807, 2.05) is 45.4 Å². The number of hydrogen-bond acceptors (Lipinski definition) is 5. The van der Waals surface area contributed by atoms with Crippen LogP contribution in [-0.2, 0) is 24.3 Å². The third kappa shape index (κ3) is 3.53. The second kappa shape index (κ2) is 7.02. The molecule has 0 fully saturated rings. The van der Waals surface area contributed by atoms with Crippen LogP contribution in [-0.4, -0.2) is 48.4 Å². The average molecular weight is 354 g/mol. The third-order valence-corrected chi connectivity index (χ3v) is 5.05. The summed E-state index contributed by atoms with van der Waals surface area (Å²) in [4.78, 5) is 15.4. The van der Waals surface area contributed by atoms with E-state index in [2.05, 4.69) is 19.9 Å². The first kappa shape index (κ1) is 15.8. The van der Waals surface area contributed by atoms with Gasteiger partial charge in [0.25, 0.3) is 0 Å². The minimum absolute atomic E-state index is 0.0424. The number of carbonyl (C=O) groups is 1. The smallest absolute Gasteiger partial charge is 0.246 e. The van der Waals surface area contributed by atoms with Crippen molar-refractivity contribution in [1.29, 1.82) is 0 Å². The fourth-order valence-electron chi connectivity index (χ4n) is 2.90. The van der Waals surface area contributed by atoms with Gasteiger partial charge in [0.15, 0.2) is 5.82 Å². The zero-order chi connectivity index (χ0) is 17.1. The van der Waals surface area contributed by atoms with Crippen LogP contribution in [0.1, 0.15) is 16.5 Å².